The van der Waals surface area contributed by atoms with Crippen LogP contribution in [0.25, 0.3) is 0 Å². The van der Waals surface area contributed by atoms with Crippen molar-refractivity contribution in [1.82, 2.24) is 10.2 Å². The molecule has 1 fully saturated rings. The van der Waals surface area contributed by atoms with Crippen molar-refractivity contribution in [1.29, 1.82) is 0 Å². The van der Waals surface area contributed by atoms with Crippen molar-refractivity contribution >= 4 is 57.0 Å². The quantitative estimate of drug-likeness (QED) is 0.544. The summed E-state index contributed by atoms with van der Waals surface area (Å²) in [5, 5.41) is 2.92. The molecule has 5 nitrogen and oxygen atoms in total. The van der Waals surface area contributed by atoms with E-state index in [9.17, 15) is 9.59 Å². The van der Waals surface area contributed by atoms with E-state index in [1.165, 1.54) is 11.8 Å². The lowest BCUT2D eigenvalue weighted by atomic mass is 10.2. The predicted octanol–water partition coefficient (Wildman–Crippen LogP) is 2.93. The van der Waals surface area contributed by atoms with Crippen LogP contribution in [0.5, 0.6) is 0 Å². The number of thioether (sulfide) groups is 1. The van der Waals surface area contributed by atoms with Gasteiger partial charge in [0.05, 0.1) is 5.69 Å². The molecule has 0 bridgehead atoms. The molecule has 0 radical (unpaired) electrons. The number of amidine groups is 1. The predicted molar refractivity (Wildman–Crippen MR) is 103 cm³/mol. The molecule has 1 atom stereocenters. The van der Waals surface area contributed by atoms with Gasteiger partial charge < -0.3 is 5.32 Å². The molecule has 2 rings (SSSR count). The van der Waals surface area contributed by atoms with Crippen molar-refractivity contribution in [3.05, 3.63) is 40.5 Å². The Hall–Kier alpha value is -1.35. The Balaban J connectivity index is 2.20. The van der Waals surface area contributed by atoms with E-state index in [1.54, 1.807) is 11.0 Å². The van der Waals surface area contributed by atoms with E-state index in [0.717, 1.165) is 9.26 Å². The van der Waals surface area contributed by atoms with Crippen LogP contribution in [0.15, 0.2) is 41.9 Å². The highest BCUT2D eigenvalue weighted by Crippen LogP contribution is 2.31. The Morgan fingerprint density at radius 1 is 1.48 bits per heavy atom. The fourth-order valence-corrected chi connectivity index (χ4v) is 3.61. The summed E-state index contributed by atoms with van der Waals surface area (Å²) in [6.45, 7) is 6.49. The van der Waals surface area contributed by atoms with Crippen LogP contribution < -0.4 is 5.32 Å². The third-order valence-corrected chi connectivity index (χ3v) is 5.02. The molecule has 0 unspecified atom stereocenters. The van der Waals surface area contributed by atoms with Gasteiger partial charge in [-0.05, 0) is 53.8 Å². The Morgan fingerprint density at radius 2 is 2.17 bits per heavy atom. The highest BCUT2D eigenvalue weighted by molar-refractivity contribution is 14.1. The second-order valence-electron chi connectivity index (χ2n) is 4.87. The van der Waals surface area contributed by atoms with Gasteiger partial charge in [0.25, 0.3) is 0 Å². The molecule has 23 heavy (non-hydrogen) atoms. The zero-order chi connectivity index (χ0) is 16.8. The average molecular weight is 443 g/mol. The zero-order valence-corrected chi connectivity index (χ0v) is 15.8. The smallest absolute Gasteiger partial charge is 0.242 e. The summed E-state index contributed by atoms with van der Waals surface area (Å²) in [5.74, 6) is -0.210. The van der Waals surface area contributed by atoms with Crippen LogP contribution in [0.2, 0.25) is 0 Å². The normalized spacial score (nSPS) is 19.2. The molecule has 0 aliphatic carbocycles. The second-order valence-corrected chi connectivity index (χ2v) is 7.29. The number of nitrogens with one attached hydrogen (secondary N) is 1. The number of nitrogens with zero attached hydrogens (tertiary/aromatic N) is 2. The van der Waals surface area contributed by atoms with Crippen LogP contribution in [-0.4, -0.2) is 40.2 Å². The maximum Gasteiger partial charge on any atom is 0.242 e. The van der Waals surface area contributed by atoms with E-state index in [4.69, 9.17) is 0 Å². The number of aliphatic imine (C=N–C) groups is 1. The Bertz CT molecular complexity index is 631. The molecule has 7 heteroatoms. The topological polar surface area (TPSA) is 61.8 Å². The van der Waals surface area contributed by atoms with Crippen LogP contribution in [0.4, 0.5) is 5.69 Å². The van der Waals surface area contributed by atoms with Crippen LogP contribution >= 0.6 is 34.4 Å². The van der Waals surface area contributed by atoms with E-state index in [2.05, 4.69) is 39.5 Å². The van der Waals surface area contributed by atoms with Crippen molar-refractivity contribution in [2.75, 3.05) is 13.1 Å². The first-order valence-corrected chi connectivity index (χ1v) is 9.21. The summed E-state index contributed by atoms with van der Waals surface area (Å²) < 4.78 is 1.12. The number of rotatable bonds is 6. The monoisotopic (exact) mass is 443 g/mol. The molecule has 1 heterocycles. The summed E-state index contributed by atoms with van der Waals surface area (Å²) in [7, 11) is 0. The Labute approximate surface area is 153 Å². The van der Waals surface area contributed by atoms with E-state index in [0.29, 0.717) is 18.3 Å². The van der Waals surface area contributed by atoms with Crippen molar-refractivity contribution in [3.8, 4) is 0 Å². The molecule has 1 aromatic carbocycles. The molecular weight excluding hydrogens is 425 g/mol. The number of hydrogen-bond donors (Lipinski definition) is 1. The number of carbonyl (C=O) groups is 2. The lowest BCUT2D eigenvalue weighted by molar-refractivity contribution is -0.129. The SMILES string of the molecule is C=CCN1C(=O)[C@@H](CC(=O)NCC)SC1=Nc1ccc(I)cc1. The van der Waals surface area contributed by atoms with Crippen LogP contribution in [0, 0.1) is 3.57 Å². The van der Waals surface area contributed by atoms with E-state index >= 15 is 0 Å². The molecule has 1 N–H and O–H groups in total. The first kappa shape index (κ1) is 18.0. The molecule has 0 aromatic heterocycles. The van der Waals surface area contributed by atoms with Crippen LogP contribution in [0.1, 0.15) is 13.3 Å². The summed E-state index contributed by atoms with van der Waals surface area (Å²) in [6.07, 6.45) is 1.83. The number of benzene rings is 1. The first-order chi connectivity index (χ1) is 11.0. The van der Waals surface area contributed by atoms with Gasteiger partial charge in [0, 0.05) is 23.1 Å². The number of hydrogen-bond acceptors (Lipinski definition) is 4. The average Bonchev–Trinajstić information content (AvgIpc) is 2.79. The fraction of sp³-hybridized carbons (Fsp3) is 0.312. The molecule has 1 aromatic rings. The first-order valence-electron chi connectivity index (χ1n) is 7.25. The molecule has 0 saturated carbocycles. The van der Waals surface area contributed by atoms with Crippen molar-refractivity contribution < 1.29 is 9.59 Å². The molecule has 2 amide bonds. The van der Waals surface area contributed by atoms with Gasteiger partial charge in [-0.25, -0.2) is 4.99 Å². The number of carbonyl (C=O) groups excluding carboxylic acids is 2. The molecule has 1 aliphatic heterocycles. The molecule has 122 valence electrons. The number of amides is 2. The van der Waals surface area contributed by atoms with Crippen LogP contribution in [-0.2, 0) is 9.59 Å². The fourth-order valence-electron chi connectivity index (χ4n) is 2.09. The lowest BCUT2D eigenvalue weighted by Gasteiger charge is -2.13. The Morgan fingerprint density at radius 3 is 2.78 bits per heavy atom. The molecule has 1 aliphatic rings. The summed E-state index contributed by atoms with van der Waals surface area (Å²) >= 11 is 3.57. The summed E-state index contributed by atoms with van der Waals surface area (Å²) in [6, 6.07) is 7.74. The summed E-state index contributed by atoms with van der Waals surface area (Å²) in [5.41, 5.74) is 0.786. The van der Waals surface area contributed by atoms with E-state index in [-0.39, 0.29) is 18.2 Å². The summed E-state index contributed by atoms with van der Waals surface area (Å²) in [4.78, 5) is 30.4. The zero-order valence-electron chi connectivity index (χ0n) is 12.8. The van der Waals surface area contributed by atoms with Gasteiger partial charge in [0.1, 0.15) is 5.25 Å². The van der Waals surface area contributed by atoms with Gasteiger partial charge >= 0.3 is 0 Å². The van der Waals surface area contributed by atoms with Gasteiger partial charge in [-0.3, -0.25) is 14.5 Å². The standard InChI is InChI=1S/C16H18IN3O2S/c1-3-9-20-15(22)13(10-14(21)18-4-2)23-16(20)19-12-7-5-11(17)6-8-12/h3,5-8,13H,1,4,9-10H2,2H3,(H,18,21)/t13-/m1/s1. The van der Waals surface area contributed by atoms with Crippen molar-refractivity contribution in [2.24, 2.45) is 4.99 Å². The lowest BCUT2D eigenvalue weighted by Crippen LogP contribution is -2.34. The molecule has 0 spiro atoms. The van der Waals surface area contributed by atoms with Gasteiger partial charge in [0.15, 0.2) is 5.17 Å². The van der Waals surface area contributed by atoms with Gasteiger partial charge in [-0.1, -0.05) is 17.8 Å². The van der Waals surface area contributed by atoms with Crippen molar-refractivity contribution in [2.45, 2.75) is 18.6 Å². The van der Waals surface area contributed by atoms with Crippen molar-refractivity contribution in [3.63, 3.8) is 0 Å². The van der Waals surface area contributed by atoms with Crippen LogP contribution in [0.3, 0.4) is 0 Å². The third kappa shape index (κ3) is 4.81. The molecular formula is C16H18IN3O2S. The van der Waals surface area contributed by atoms with E-state index < -0.39 is 5.25 Å². The van der Waals surface area contributed by atoms with Gasteiger partial charge in [-0.15, -0.1) is 6.58 Å². The third-order valence-electron chi connectivity index (χ3n) is 3.13. The minimum absolute atomic E-state index is 0.0922. The van der Waals surface area contributed by atoms with E-state index in [1.807, 2.05) is 31.2 Å². The minimum atomic E-state index is -0.427. The Kier molecular flexibility index (Phi) is 6.64. The maximum absolute atomic E-state index is 12.5. The van der Waals surface area contributed by atoms with Gasteiger partial charge in [0.2, 0.25) is 11.8 Å². The maximum atomic E-state index is 12.5. The number of halogens is 1. The minimum Gasteiger partial charge on any atom is -0.356 e. The highest BCUT2D eigenvalue weighted by atomic mass is 127. The highest BCUT2D eigenvalue weighted by Gasteiger charge is 2.38. The molecule has 1 saturated heterocycles. The second kappa shape index (κ2) is 8.49. The van der Waals surface area contributed by atoms with Gasteiger partial charge in [-0.2, -0.15) is 0 Å². The largest absolute Gasteiger partial charge is 0.356 e.